The van der Waals surface area contributed by atoms with Crippen molar-refractivity contribution in [2.24, 2.45) is 0 Å². The van der Waals surface area contributed by atoms with E-state index < -0.39 is 0 Å². The highest BCUT2D eigenvalue weighted by Gasteiger charge is 2.07. The van der Waals surface area contributed by atoms with Crippen molar-refractivity contribution in [3.63, 3.8) is 0 Å². The van der Waals surface area contributed by atoms with Gasteiger partial charge in [-0.2, -0.15) is 5.26 Å². The molecular weight excluding hydrogens is 248 g/mol. The molecule has 0 bridgehead atoms. The highest BCUT2D eigenvalue weighted by molar-refractivity contribution is 5.31. The number of rotatable bonds is 6. The number of benzene rings is 2. The fraction of sp³-hybridized carbons (Fsp3) is 0.235. The molecule has 3 heteroatoms. The molecule has 0 amide bonds. The predicted octanol–water partition coefficient (Wildman–Crippen LogP) is 2.25. The summed E-state index contributed by atoms with van der Waals surface area (Å²) < 4.78 is 0. The summed E-state index contributed by atoms with van der Waals surface area (Å²) in [6.45, 7) is 0.787. The van der Waals surface area contributed by atoms with Crippen molar-refractivity contribution in [3.8, 4) is 6.07 Å². The van der Waals surface area contributed by atoms with Crippen molar-refractivity contribution in [2.75, 3.05) is 6.61 Å². The fourth-order valence-electron chi connectivity index (χ4n) is 2.06. The molecule has 2 rings (SSSR count). The molecule has 3 nitrogen and oxygen atoms in total. The third kappa shape index (κ3) is 4.20. The van der Waals surface area contributed by atoms with Gasteiger partial charge >= 0.3 is 0 Å². The molecule has 1 atom stereocenters. The second kappa shape index (κ2) is 7.44. The van der Waals surface area contributed by atoms with Crippen LogP contribution in [0.3, 0.4) is 0 Å². The first kappa shape index (κ1) is 14.3. The van der Waals surface area contributed by atoms with Gasteiger partial charge in [-0.15, -0.1) is 0 Å². The molecule has 0 radical (unpaired) electrons. The van der Waals surface area contributed by atoms with Crippen molar-refractivity contribution in [1.29, 1.82) is 5.26 Å². The Morgan fingerprint density at radius 2 is 1.70 bits per heavy atom. The number of hydrogen-bond donors (Lipinski definition) is 2. The van der Waals surface area contributed by atoms with Gasteiger partial charge in [-0.3, -0.25) is 0 Å². The molecular formula is C17H18N2O. The molecule has 0 saturated carbocycles. The molecule has 2 N–H and O–H groups in total. The Kier molecular flexibility index (Phi) is 5.31. The van der Waals surface area contributed by atoms with Crippen LogP contribution in [0.15, 0.2) is 54.6 Å². The molecule has 0 aliphatic heterocycles. The molecule has 0 aromatic heterocycles. The van der Waals surface area contributed by atoms with E-state index in [0.29, 0.717) is 12.1 Å². The summed E-state index contributed by atoms with van der Waals surface area (Å²) in [5.41, 5.74) is 2.98. The van der Waals surface area contributed by atoms with Gasteiger partial charge in [0.15, 0.2) is 0 Å². The number of hydrogen-bond acceptors (Lipinski definition) is 3. The average Bonchev–Trinajstić information content (AvgIpc) is 2.53. The molecule has 0 fully saturated rings. The summed E-state index contributed by atoms with van der Waals surface area (Å²) in [6.07, 6.45) is 0.799. The summed E-state index contributed by atoms with van der Waals surface area (Å²) in [5.74, 6) is 0. The highest BCUT2D eigenvalue weighted by atomic mass is 16.3. The van der Waals surface area contributed by atoms with Gasteiger partial charge in [-0.25, -0.2) is 0 Å². The van der Waals surface area contributed by atoms with Crippen LogP contribution in [-0.2, 0) is 13.0 Å². The van der Waals surface area contributed by atoms with Crippen LogP contribution in [0.25, 0.3) is 0 Å². The quantitative estimate of drug-likeness (QED) is 0.843. The second-order valence-electron chi connectivity index (χ2n) is 4.76. The molecule has 0 unspecified atom stereocenters. The number of nitrogens with zero attached hydrogens (tertiary/aromatic N) is 1. The molecule has 102 valence electrons. The Morgan fingerprint density at radius 3 is 2.30 bits per heavy atom. The molecule has 0 spiro atoms. The van der Waals surface area contributed by atoms with Gasteiger partial charge in [0.05, 0.1) is 18.2 Å². The summed E-state index contributed by atoms with van der Waals surface area (Å²) in [5, 5.41) is 21.5. The minimum atomic E-state index is 0.0352. The van der Waals surface area contributed by atoms with Gasteiger partial charge in [-0.1, -0.05) is 42.5 Å². The van der Waals surface area contributed by atoms with Gasteiger partial charge in [-0.05, 0) is 29.7 Å². The lowest BCUT2D eigenvalue weighted by Gasteiger charge is -2.16. The minimum absolute atomic E-state index is 0.0352. The Labute approximate surface area is 119 Å². The van der Waals surface area contributed by atoms with Crippen LogP contribution in [0.4, 0.5) is 0 Å². The zero-order chi connectivity index (χ0) is 14.2. The van der Waals surface area contributed by atoms with Crippen LogP contribution in [0.2, 0.25) is 0 Å². The Hall–Kier alpha value is -2.15. The highest BCUT2D eigenvalue weighted by Crippen LogP contribution is 2.06. The predicted molar refractivity (Wildman–Crippen MR) is 79.0 cm³/mol. The van der Waals surface area contributed by atoms with Gasteiger partial charge in [0.25, 0.3) is 0 Å². The topological polar surface area (TPSA) is 56.0 Å². The first-order valence-electron chi connectivity index (χ1n) is 6.69. The Balaban J connectivity index is 1.88. The molecule has 0 aliphatic carbocycles. The first-order chi connectivity index (χ1) is 9.81. The molecule has 0 heterocycles. The smallest absolute Gasteiger partial charge is 0.0991 e. The Bertz CT molecular complexity index is 558. The van der Waals surface area contributed by atoms with E-state index in [-0.39, 0.29) is 12.6 Å². The molecule has 20 heavy (non-hydrogen) atoms. The van der Waals surface area contributed by atoms with E-state index in [4.69, 9.17) is 5.26 Å². The van der Waals surface area contributed by atoms with E-state index in [9.17, 15) is 5.11 Å². The first-order valence-corrected chi connectivity index (χ1v) is 6.69. The monoisotopic (exact) mass is 266 g/mol. The molecule has 0 saturated heterocycles. The SMILES string of the molecule is N#Cc1ccc(CN[C@@H](CO)Cc2ccccc2)cc1. The van der Waals surface area contributed by atoms with Gasteiger partial charge in [0, 0.05) is 12.6 Å². The number of aliphatic hydroxyl groups excluding tert-OH is 1. The van der Waals surface area contributed by atoms with E-state index >= 15 is 0 Å². The van der Waals surface area contributed by atoms with Gasteiger partial charge in [0.2, 0.25) is 0 Å². The minimum Gasteiger partial charge on any atom is -0.395 e. The third-order valence-corrected chi connectivity index (χ3v) is 3.22. The van der Waals surface area contributed by atoms with Crippen molar-refractivity contribution in [3.05, 3.63) is 71.3 Å². The van der Waals surface area contributed by atoms with E-state index in [0.717, 1.165) is 12.0 Å². The maximum Gasteiger partial charge on any atom is 0.0991 e. The van der Waals surface area contributed by atoms with E-state index in [1.165, 1.54) is 5.56 Å². The van der Waals surface area contributed by atoms with E-state index in [2.05, 4.69) is 23.5 Å². The van der Waals surface area contributed by atoms with Crippen LogP contribution in [-0.4, -0.2) is 17.8 Å². The third-order valence-electron chi connectivity index (χ3n) is 3.22. The van der Waals surface area contributed by atoms with Crippen LogP contribution in [0.5, 0.6) is 0 Å². The number of nitriles is 1. The molecule has 2 aromatic carbocycles. The lowest BCUT2D eigenvalue weighted by Crippen LogP contribution is -2.34. The van der Waals surface area contributed by atoms with Crippen LogP contribution < -0.4 is 5.32 Å². The largest absolute Gasteiger partial charge is 0.395 e. The molecule has 2 aromatic rings. The maximum absolute atomic E-state index is 9.44. The van der Waals surface area contributed by atoms with Crippen molar-refractivity contribution < 1.29 is 5.11 Å². The van der Waals surface area contributed by atoms with Gasteiger partial charge in [0.1, 0.15) is 0 Å². The number of nitrogens with one attached hydrogen (secondary N) is 1. The summed E-state index contributed by atoms with van der Waals surface area (Å²) in [4.78, 5) is 0. The second-order valence-corrected chi connectivity index (χ2v) is 4.76. The van der Waals surface area contributed by atoms with Gasteiger partial charge < -0.3 is 10.4 Å². The fourth-order valence-corrected chi connectivity index (χ4v) is 2.06. The number of aliphatic hydroxyl groups is 1. The van der Waals surface area contributed by atoms with Crippen LogP contribution in [0.1, 0.15) is 16.7 Å². The maximum atomic E-state index is 9.44. The zero-order valence-corrected chi connectivity index (χ0v) is 11.3. The van der Waals surface area contributed by atoms with Crippen LogP contribution >= 0.6 is 0 Å². The normalized spacial score (nSPS) is 11.8. The lowest BCUT2D eigenvalue weighted by molar-refractivity contribution is 0.241. The van der Waals surface area contributed by atoms with E-state index in [1.807, 2.05) is 42.5 Å². The Morgan fingerprint density at radius 1 is 1.00 bits per heavy atom. The summed E-state index contributed by atoms with van der Waals surface area (Å²) >= 11 is 0. The van der Waals surface area contributed by atoms with E-state index in [1.54, 1.807) is 0 Å². The average molecular weight is 266 g/mol. The van der Waals surface area contributed by atoms with Crippen LogP contribution in [0, 0.1) is 11.3 Å². The lowest BCUT2D eigenvalue weighted by atomic mass is 10.1. The summed E-state index contributed by atoms with van der Waals surface area (Å²) in [6, 6.07) is 19.7. The zero-order valence-electron chi connectivity index (χ0n) is 11.3. The summed E-state index contributed by atoms with van der Waals surface area (Å²) in [7, 11) is 0. The van der Waals surface area contributed by atoms with Crippen molar-refractivity contribution >= 4 is 0 Å². The van der Waals surface area contributed by atoms with Crippen molar-refractivity contribution in [1.82, 2.24) is 5.32 Å². The van der Waals surface area contributed by atoms with Crippen molar-refractivity contribution in [2.45, 2.75) is 19.0 Å². The molecule has 0 aliphatic rings. The standard InChI is InChI=1S/C17H18N2O/c18-11-15-6-8-16(9-7-15)12-19-17(13-20)10-14-4-2-1-3-5-14/h1-9,17,19-20H,10,12-13H2/t17-/m1/s1.